The Morgan fingerprint density at radius 3 is 0.831 bits per heavy atom. The van der Waals surface area contributed by atoms with Gasteiger partial charge in [-0.25, -0.2) is 0 Å². The van der Waals surface area contributed by atoms with E-state index in [2.05, 4.69) is 302 Å². The van der Waals surface area contributed by atoms with Gasteiger partial charge in [0.15, 0.2) is 11.5 Å². The number of aromatic nitrogens is 2. The van der Waals surface area contributed by atoms with E-state index in [0.29, 0.717) is 41.3 Å². The van der Waals surface area contributed by atoms with Gasteiger partial charge in [-0.2, -0.15) is 0 Å². The van der Waals surface area contributed by atoms with Crippen LogP contribution < -0.4 is 18.9 Å². The fourth-order valence-electron chi connectivity index (χ4n) is 12.0. The minimum absolute atomic E-state index is 0. The monoisotopic (exact) mass is 1960 g/mol. The first-order valence-corrected chi connectivity index (χ1v) is 46.5. The molecule has 2 heterocycles. The molecular formula is C119H172ClN2O7Re. The van der Waals surface area contributed by atoms with E-state index < -0.39 is 0 Å². The summed E-state index contributed by atoms with van der Waals surface area (Å²) in [5, 5.41) is 0. The van der Waals surface area contributed by atoms with Crippen molar-refractivity contribution in [3.63, 3.8) is 0 Å². The molecule has 0 radical (unpaired) electrons. The van der Waals surface area contributed by atoms with Crippen molar-refractivity contribution in [1.82, 2.24) is 9.97 Å². The number of rotatable bonds is 40. The van der Waals surface area contributed by atoms with Crippen molar-refractivity contribution in [2.45, 2.75) is 233 Å². The number of benzene rings is 4. The molecule has 0 unspecified atom stereocenters. The third kappa shape index (κ3) is 56.0. The molecular weight excluding hydrogens is 1790 g/mol. The molecule has 130 heavy (non-hydrogen) atoms. The predicted octanol–water partition coefficient (Wildman–Crippen LogP) is 31.4. The van der Waals surface area contributed by atoms with E-state index in [1.54, 1.807) is 24.5 Å². The molecule has 0 atom stereocenters. The van der Waals surface area contributed by atoms with Gasteiger partial charge in [-0.05, 0) is 199 Å². The van der Waals surface area contributed by atoms with Gasteiger partial charge in [0, 0.05) is 193 Å². The number of pyridine rings is 2. The van der Waals surface area contributed by atoms with E-state index in [1.165, 1.54) is 198 Å². The van der Waals surface area contributed by atoms with Crippen LogP contribution in [0.2, 0.25) is 0 Å². The first kappa shape index (κ1) is 111. The first-order valence-electron chi connectivity index (χ1n) is 43.1. The maximum absolute atomic E-state index is 7.50. The average molecular weight is 1960 g/mol. The smallest absolute Gasteiger partial charge is 0 e. The Hall–Kier alpha value is -15.1. The van der Waals surface area contributed by atoms with Crippen molar-refractivity contribution in [3.05, 3.63) is 174 Å². The van der Waals surface area contributed by atoms with Crippen LogP contribution >= 0.6 is 9.53 Å². The van der Waals surface area contributed by atoms with Gasteiger partial charge < -0.3 is 18.9 Å². The zero-order chi connectivity index (χ0) is 93.9. The average Bonchev–Trinajstić information content (AvgIpc) is 0.813. The number of unbranched alkanes of at least 4 members (excludes halogenated alkanes) is 30. The fourth-order valence-corrected chi connectivity index (χ4v) is 12.0. The summed E-state index contributed by atoms with van der Waals surface area (Å²) in [7, 11) is 4.69. The molecule has 0 amide bonds. The molecule has 2 aromatic heterocycles. The molecule has 0 aliphatic carbocycles. The Labute approximate surface area is 846 Å². The molecule has 0 aliphatic heterocycles. The van der Waals surface area contributed by atoms with Gasteiger partial charge >= 0.3 is 61.6 Å². The molecule has 0 saturated heterocycles. The molecule has 714 valence electrons. The second-order valence-electron chi connectivity index (χ2n) is 27.9. The molecule has 0 spiro atoms. The Morgan fingerprint density at radius 2 is 0.546 bits per heavy atom. The van der Waals surface area contributed by atoms with E-state index in [9.17, 15) is 0 Å². The molecule has 0 N–H and O–H groups in total. The summed E-state index contributed by atoms with van der Waals surface area (Å²) in [6.45, 7) is 23.3. The van der Waals surface area contributed by atoms with Gasteiger partial charge in [0.2, 0.25) is 0 Å². The maximum atomic E-state index is 7.50. The van der Waals surface area contributed by atoms with Crippen LogP contribution in [-0.4, -0.2) is 23.2 Å². The van der Waals surface area contributed by atoms with E-state index >= 15 is 0 Å². The van der Waals surface area contributed by atoms with E-state index in [0.717, 1.165) is 76.1 Å². The molecule has 6 rings (SSSR count). The van der Waals surface area contributed by atoms with E-state index in [1.807, 2.05) is 79.7 Å². The number of terminal acetylenes is 2. The molecule has 4 aromatic carbocycles. The number of hydrogen-bond acceptors (Lipinski definition) is 6. The van der Waals surface area contributed by atoms with Crippen molar-refractivity contribution in [1.29, 1.82) is 0 Å². The Balaban J connectivity index is -0.000000116. The zero-order valence-corrected chi connectivity index (χ0v) is 78.1. The topological polar surface area (TPSA) is 122 Å². The van der Waals surface area contributed by atoms with Crippen molar-refractivity contribution < 1.29 is 102 Å². The quantitative estimate of drug-likeness (QED) is 0.0163. The van der Waals surface area contributed by atoms with Crippen LogP contribution in [0.15, 0.2) is 109 Å². The molecule has 9 nitrogen and oxygen atoms in total. The van der Waals surface area contributed by atoms with Crippen LogP contribution in [-0.2, 0) is 32.1 Å². The van der Waals surface area contributed by atoms with Gasteiger partial charge in [0.05, 0.1) is 41.3 Å². The molecule has 0 saturated carbocycles. The summed E-state index contributed by atoms with van der Waals surface area (Å²) >= 11 is 1.19. The summed E-state index contributed by atoms with van der Waals surface area (Å²) in [6.07, 6.45) is 61.2. The van der Waals surface area contributed by atoms with Crippen LogP contribution in [0.25, 0.3) is 22.5 Å². The second-order valence-corrected chi connectivity index (χ2v) is 27.9. The summed E-state index contributed by atoms with van der Waals surface area (Å²) < 4.78 is 47.7. The number of aryl methyl sites for hydroxylation is 1. The van der Waals surface area contributed by atoms with Crippen molar-refractivity contribution in [2.75, 3.05) is 13.2 Å². The standard InChI is InChI=1S/C116H100N2O4.3CO.ClH.Re.36H2/c1-7-12-16-20-24-28-32-36-40-44-48-52-56-60-64-68-91-119-113-96-108(114(95-101(113)6)120-92-69-65-61-57-53-49-45-41-37-33-29-25-21-17-13-8-2)87-78-104-80-89-111(117-99-104)112-90-81-105(100-118-112)79-88-110-98-115(121-93-70-66-62-58-54-50-46-42-38-34-30-26-22-18-14-9-3)109(86-77-103-75-84-107(85-76-103)106-82-73-102(72-11-5)74-83-106)97-116(110)122-94-71-67-63-59-55-51-47-43-39-35-31-27-23-19-15-10-4;3*1-2;;;;;;;;;;;;;;;;;;;;;;;;;;;;;;;;;;;;;;/h3-4,73-76,80-85,89-90,95-100H,7-8,12-13,16-17,20-21,24-25,28-29,32-33,36-37,40-41,44-45,48-49,52-53,56-57,60-61,64-65,68-69,91-92H2,1-2,5-6H3;;;;1H;;36*1H/q;;;;;+1;;;;;;;;;;;;;;;;;;;;;;;;;;;;;;;;;;;;/p-1. The summed E-state index contributed by atoms with van der Waals surface area (Å²) in [4.78, 5) is 9.60. The van der Waals surface area contributed by atoms with Crippen LogP contribution in [0.4, 0.5) is 0 Å². The minimum atomic E-state index is 0. The van der Waals surface area contributed by atoms with Gasteiger partial charge in [-0.3, -0.25) is 9.97 Å². The van der Waals surface area contributed by atoms with Gasteiger partial charge in [0.25, 0.3) is 0 Å². The normalized spacial score (nSPS) is 8.32. The summed E-state index contributed by atoms with van der Waals surface area (Å²) in [5.74, 6) is 109. The fraction of sp³-hybridized carbons (Fsp3) is 0.319. The second kappa shape index (κ2) is 82.2. The van der Waals surface area contributed by atoms with Gasteiger partial charge in [0.1, 0.15) is 23.7 Å². The van der Waals surface area contributed by atoms with E-state index in [4.69, 9.17) is 65.2 Å². The van der Waals surface area contributed by atoms with Gasteiger partial charge in [-0.1, -0.05) is 272 Å². The largest absolute Gasteiger partial charge is 0 e. The Kier molecular flexibility index (Phi) is 70.1. The molecule has 11 heteroatoms. The van der Waals surface area contributed by atoms with E-state index in [-0.39, 0.29) is 62.9 Å². The summed E-state index contributed by atoms with van der Waals surface area (Å²) in [6, 6.07) is 31.0. The van der Waals surface area contributed by atoms with Gasteiger partial charge in [-0.15, -0.1) is 18.8 Å². The molecule has 0 aliphatic rings. The number of halogens is 1. The van der Waals surface area contributed by atoms with Crippen LogP contribution in [0, 0.1) is 289 Å². The number of ether oxygens (including phenoxy) is 4. The SMILES string of the molecule is C#CC#CC#CC#CC#CC#CC#CC#CC#COc1cc(C#Cc2ccc(-c3ccc(C#Cc4cc(OCCCCCCCCCCCCCCCCCC)c(C)cc4OCCCCCCCCCCCCCCCCCC)cn3)nc2)c(OC#CC#CC#CC#CC#CC#CC#CC#CC#C)cc1C#Cc1ccc(-c2ccc(C#CC)cc2)cc1.[C-]#[O+].[C-]#[O+].[C-]#[O+].[Cl][Re].[HH].[HH].[HH].[HH].[HH].[HH].[HH].[HH].[HH].[HH].[HH].[HH].[HH].[HH].[HH].[HH].[HH].[HH].[HH].[HH].[HH].[HH].[HH].[HH].[HH].[HH].[HH].[HH].[HH].[HH].[HH].[HH].[HH].[HH].[HH].[HH]. The van der Waals surface area contributed by atoms with Crippen LogP contribution in [0.1, 0.15) is 322 Å². The summed E-state index contributed by atoms with van der Waals surface area (Å²) in [5.41, 5.74) is 8.91. The number of nitrogens with zero attached hydrogens (tertiary/aromatic N) is 2. The minimum Gasteiger partial charge on any atom is 0 e. The van der Waals surface area contributed by atoms with Crippen LogP contribution in [0.5, 0.6) is 23.0 Å². The molecule has 0 fully saturated rings. The third-order valence-electron chi connectivity index (χ3n) is 18.4. The van der Waals surface area contributed by atoms with Crippen molar-refractivity contribution in [2.24, 2.45) is 0 Å². The Morgan fingerprint density at radius 1 is 0.300 bits per heavy atom. The Bertz CT molecular complexity index is 6230. The van der Waals surface area contributed by atoms with Crippen molar-refractivity contribution >= 4 is 9.53 Å². The first-order chi connectivity index (χ1) is 64.4. The molecule has 0 bridgehead atoms. The van der Waals surface area contributed by atoms with Crippen LogP contribution in [0.3, 0.4) is 0 Å². The number of hydrogen-bond donors (Lipinski definition) is 0. The predicted molar refractivity (Wildman–Crippen MR) is 595 cm³/mol. The van der Waals surface area contributed by atoms with Crippen molar-refractivity contribution in [3.8, 4) is 307 Å². The zero-order valence-electron chi connectivity index (χ0n) is 74.6. The maximum Gasteiger partial charge on any atom is 0 e. The third-order valence-corrected chi connectivity index (χ3v) is 18.4. The molecule has 6 aromatic rings.